The van der Waals surface area contributed by atoms with Gasteiger partial charge in [0.25, 0.3) is 0 Å². The highest BCUT2D eigenvalue weighted by Gasteiger charge is 2.11. The summed E-state index contributed by atoms with van der Waals surface area (Å²) in [5, 5.41) is 16.9. The minimum Gasteiger partial charge on any atom is -0.480 e. The summed E-state index contributed by atoms with van der Waals surface area (Å²) in [5.74, 6) is -0.400. The molecule has 0 aliphatic carbocycles. The van der Waals surface area contributed by atoms with E-state index in [1.54, 1.807) is 23.9 Å². The number of carboxylic acids is 1. The molecule has 1 aromatic carbocycles. The van der Waals surface area contributed by atoms with Gasteiger partial charge in [0.1, 0.15) is 6.54 Å². The number of aliphatic carboxylic acids is 1. The van der Waals surface area contributed by atoms with Gasteiger partial charge >= 0.3 is 5.97 Å². The molecule has 5 nitrogen and oxygen atoms in total. The van der Waals surface area contributed by atoms with Crippen molar-refractivity contribution in [1.29, 1.82) is 0 Å². The smallest absolute Gasteiger partial charge is 0.322 e. The number of hydrogen-bond acceptors (Lipinski definition) is 3. The zero-order valence-electron chi connectivity index (χ0n) is 8.57. The third-order valence-corrected chi connectivity index (χ3v) is 2.53. The number of carbonyl (C=O) groups is 1. The summed E-state index contributed by atoms with van der Waals surface area (Å²) in [6, 6.07) is 5.42. The molecule has 1 aromatic heterocycles. The Morgan fingerprint density at radius 2 is 2.38 bits per heavy atom. The standard InChI is InChI=1S/C10H10ClN3O2/c1-14-9-6(3-2-4-7(9)11)10(13-14)12-5-8(15)16/h2-4H,5H2,1H3,(H,12,13)(H,15,16). The van der Waals surface area contributed by atoms with E-state index in [4.69, 9.17) is 16.7 Å². The van der Waals surface area contributed by atoms with Crippen molar-refractivity contribution in [2.75, 3.05) is 11.9 Å². The molecule has 0 bridgehead atoms. The maximum Gasteiger partial charge on any atom is 0.322 e. The average molecular weight is 240 g/mol. The molecule has 6 heteroatoms. The average Bonchev–Trinajstić information content (AvgIpc) is 2.54. The number of aromatic nitrogens is 2. The van der Waals surface area contributed by atoms with Crippen LogP contribution >= 0.6 is 11.6 Å². The number of nitrogens with one attached hydrogen (secondary N) is 1. The van der Waals surface area contributed by atoms with Crippen LogP contribution in [0.25, 0.3) is 10.9 Å². The summed E-state index contributed by atoms with van der Waals surface area (Å²) in [7, 11) is 1.76. The van der Waals surface area contributed by atoms with Crippen LogP contribution in [0.15, 0.2) is 18.2 Å². The minimum atomic E-state index is -0.930. The predicted molar refractivity (Wildman–Crippen MR) is 61.8 cm³/mol. The molecule has 0 aliphatic heterocycles. The molecule has 0 radical (unpaired) electrons. The molecule has 0 amide bonds. The van der Waals surface area contributed by atoms with Gasteiger partial charge in [-0.15, -0.1) is 0 Å². The number of anilines is 1. The molecule has 0 saturated carbocycles. The molecule has 0 spiro atoms. The SMILES string of the molecule is Cn1nc(NCC(=O)O)c2cccc(Cl)c21. The van der Waals surface area contributed by atoms with Crippen molar-refractivity contribution in [2.45, 2.75) is 0 Å². The summed E-state index contributed by atoms with van der Waals surface area (Å²) in [6.45, 7) is -0.168. The number of aryl methyl sites for hydroxylation is 1. The third kappa shape index (κ3) is 1.81. The van der Waals surface area contributed by atoms with Gasteiger partial charge in [-0.25, -0.2) is 0 Å². The van der Waals surface area contributed by atoms with E-state index in [1.807, 2.05) is 6.07 Å². The summed E-state index contributed by atoms with van der Waals surface area (Å²) in [6.07, 6.45) is 0. The van der Waals surface area contributed by atoms with Gasteiger partial charge in [0.15, 0.2) is 5.82 Å². The molecule has 0 unspecified atom stereocenters. The van der Waals surface area contributed by atoms with E-state index in [9.17, 15) is 4.79 Å². The third-order valence-electron chi connectivity index (χ3n) is 2.22. The lowest BCUT2D eigenvalue weighted by molar-refractivity contribution is -0.134. The van der Waals surface area contributed by atoms with Crippen molar-refractivity contribution >= 4 is 34.3 Å². The number of nitrogens with zero attached hydrogens (tertiary/aromatic N) is 2. The van der Waals surface area contributed by atoms with E-state index in [-0.39, 0.29) is 6.54 Å². The quantitative estimate of drug-likeness (QED) is 0.856. The minimum absolute atomic E-state index is 0.168. The van der Waals surface area contributed by atoms with Gasteiger partial charge in [0.2, 0.25) is 0 Å². The Morgan fingerprint density at radius 1 is 1.62 bits per heavy atom. The van der Waals surface area contributed by atoms with Gasteiger partial charge in [-0.2, -0.15) is 5.10 Å². The highest BCUT2D eigenvalue weighted by atomic mass is 35.5. The molecule has 0 aliphatic rings. The van der Waals surface area contributed by atoms with Crippen molar-refractivity contribution in [3.05, 3.63) is 23.2 Å². The van der Waals surface area contributed by atoms with Gasteiger partial charge in [0.05, 0.1) is 10.5 Å². The van der Waals surface area contributed by atoms with E-state index < -0.39 is 5.97 Å². The first-order valence-corrected chi connectivity index (χ1v) is 5.04. The fourth-order valence-electron chi connectivity index (χ4n) is 1.58. The van der Waals surface area contributed by atoms with E-state index in [2.05, 4.69) is 10.4 Å². The fourth-order valence-corrected chi connectivity index (χ4v) is 1.88. The molecule has 2 aromatic rings. The van der Waals surface area contributed by atoms with Gasteiger partial charge in [0, 0.05) is 12.4 Å². The van der Waals surface area contributed by atoms with Crippen molar-refractivity contribution < 1.29 is 9.90 Å². The maximum atomic E-state index is 10.5. The van der Waals surface area contributed by atoms with Crippen LogP contribution in [0.4, 0.5) is 5.82 Å². The Hall–Kier alpha value is -1.75. The Kier molecular flexibility index (Phi) is 2.70. The van der Waals surface area contributed by atoms with Crippen molar-refractivity contribution in [3.8, 4) is 0 Å². The number of hydrogen-bond donors (Lipinski definition) is 2. The first-order valence-electron chi connectivity index (χ1n) is 4.66. The number of fused-ring (bicyclic) bond motifs is 1. The molecule has 84 valence electrons. The molecule has 1 heterocycles. The number of halogens is 1. The fraction of sp³-hybridized carbons (Fsp3) is 0.200. The Bertz CT molecular complexity index is 550. The van der Waals surface area contributed by atoms with Crippen LogP contribution < -0.4 is 5.32 Å². The summed E-state index contributed by atoms with van der Waals surface area (Å²) in [5.41, 5.74) is 0.789. The zero-order valence-corrected chi connectivity index (χ0v) is 9.32. The van der Waals surface area contributed by atoms with Crippen LogP contribution in [0.3, 0.4) is 0 Å². The second kappa shape index (κ2) is 4.02. The lowest BCUT2D eigenvalue weighted by Gasteiger charge is -1.98. The molecular formula is C10H10ClN3O2. The van der Waals surface area contributed by atoms with E-state index >= 15 is 0 Å². The lowest BCUT2D eigenvalue weighted by atomic mass is 10.2. The largest absolute Gasteiger partial charge is 0.480 e. The van der Waals surface area contributed by atoms with Crippen LogP contribution in [0.2, 0.25) is 5.02 Å². The molecule has 2 rings (SSSR count). The van der Waals surface area contributed by atoms with Gasteiger partial charge in [-0.1, -0.05) is 17.7 Å². The monoisotopic (exact) mass is 239 g/mol. The topological polar surface area (TPSA) is 67.2 Å². The molecule has 16 heavy (non-hydrogen) atoms. The highest BCUT2D eigenvalue weighted by molar-refractivity contribution is 6.35. The molecule has 0 fully saturated rings. The molecule has 0 saturated heterocycles. The van der Waals surface area contributed by atoms with Gasteiger partial charge < -0.3 is 10.4 Å². The predicted octanol–water partition coefficient (Wildman–Crippen LogP) is 1.72. The van der Waals surface area contributed by atoms with Crippen LogP contribution in [-0.2, 0) is 11.8 Å². The van der Waals surface area contributed by atoms with Crippen LogP contribution in [0.1, 0.15) is 0 Å². The second-order valence-electron chi connectivity index (χ2n) is 3.36. The molecule has 2 N–H and O–H groups in total. The maximum absolute atomic E-state index is 10.5. The van der Waals surface area contributed by atoms with Crippen molar-refractivity contribution in [3.63, 3.8) is 0 Å². The normalized spacial score (nSPS) is 10.6. The van der Waals surface area contributed by atoms with Gasteiger partial charge in [-0.05, 0) is 12.1 Å². The summed E-state index contributed by atoms with van der Waals surface area (Å²) < 4.78 is 1.63. The first-order chi connectivity index (χ1) is 7.59. The van der Waals surface area contributed by atoms with E-state index in [0.717, 1.165) is 10.9 Å². The Morgan fingerprint density at radius 3 is 3.06 bits per heavy atom. The van der Waals surface area contributed by atoms with Crippen LogP contribution in [0.5, 0.6) is 0 Å². The van der Waals surface area contributed by atoms with E-state index in [0.29, 0.717) is 10.8 Å². The Balaban J connectivity index is 2.47. The van der Waals surface area contributed by atoms with Crippen molar-refractivity contribution in [1.82, 2.24) is 9.78 Å². The molecular weight excluding hydrogens is 230 g/mol. The van der Waals surface area contributed by atoms with Crippen molar-refractivity contribution in [2.24, 2.45) is 7.05 Å². The second-order valence-corrected chi connectivity index (χ2v) is 3.76. The number of benzene rings is 1. The first kappa shape index (κ1) is 10.8. The summed E-state index contributed by atoms with van der Waals surface area (Å²) in [4.78, 5) is 10.5. The van der Waals surface area contributed by atoms with Crippen LogP contribution in [-0.4, -0.2) is 27.4 Å². The summed E-state index contributed by atoms with van der Waals surface area (Å²) >= 11 is 6.03. The van der Waals surface area contributed by atoms with Crippen LogP contribution in [0, 0.1) is 0 Å². The number of para-hydroxylation sites is 1. The van der Waals surface area contributed by atoms with E-state index in [1.165, 1.54) is 0 Å². The zero-order chi connectivity index (χ0) is 11.7. The molecule has 0 atom stereocenters. The van der Waals surface area contributed by atoms with Gasteiger partial charge in [-0.3, -0.25) is 9.48 Å². The Labute approximate surface area is 96.6 Å². The number of carboxylic acid groups (broad SMARTS) is 1. The highest BCUT2D eigenvalue weighted by Crippen LogP contribution is 2.27. The lowest BCUT2D eigenvalue weighted by Crippen LogP contribution is -2.12. The number of rotatable bonds is 3.